The molecule has 0 saturated carbocycles. The van der Waals surface area contributed by atoms with Crippen LogP contribution in [0.3, 0.4) is 0 Å². The number of nitrogens with one attached hydrogen (secondary N) is 2. The number of hydrogen-bond donors (Lipinski definition) is 2. The topological polar surface area (TPSA) is 88.9 Å². The second kappa shape index (κ2) is 11.6. The third kappa shape index (κ3) is 6.40. The number of rotatable bonds is 9. The van der Waals surface area contributed by atoms with Crippen molar-refractivity contribution in [3.05, 3.63) is 81.6 Å². The van der Waals surface area contributed by atoms with Crippen molar-refractivity contribution in [2.45, 2.75) is 38.5 Å². The second-order valence-corrected chi connectivity index (χ2v) is 9.50. The third-order valence-electron chi connectivity index (χ3n) is 4.97. The Hall–Kier alpha value is -2.81. The molecule has 3 aromatic rings. The largest absolute Gasteiger partial charge is 0.342 e. The van der Waals surface area contributed by atoms with E-state index in [1.165, 1.54) is 17.8 Å². The molecular weight excluding hydrogens is 493 g/mol. The predicted octanol–water partition coefficient (Wildman–Crippen LogP) is 5.61. The van der Waals surface area contributed by atoms with E-state index in [9.17, 15) is 9.59 Å². The first kappa shape index (κ1) is 25.8. The smallest absolute Gasteiger partial charge is 0.253 e. The van der Waals surface area contributed by atoms with Gasteiger partial charge in [-0.15, -0.1) is 16.8 Å². The Labute approximate surface area is 212 Å². The summed E-state index contributed by atoms with van der Waals surface area (Å²) in [5, 5.41) is 15.6. The van der Waals surface area contributed by atoms with Gasteiger partial charge in [0.1, 0.15) is 0 Å². The van der Waals surface area contributed by atoms with Gasteiger partial charge in [-0.1, -0.05) is 53.2 Å². The average molecular weight is 518 g/mol. The van der Waals surface area contributed by atoms with E-state index in [1.54, 1.807) is 25.1 Å². The van der Waals surface area contributed by atoms with Gasteiger partial charge >= 0.3 is 0 Å². The monoisotopic (exact) mass is 517 g/mol. The van der Waals surface area contributed by atoms with Crippen molar-refractivity contribution in [2.75, 3.05) is 11.1 Å². The summed E-state index contributed by atoms with van der Waals surface area (Å²) in [6.45, 7) is 9.94. The van der Waals surface area contributed by atoms with Crippen LogP contribution in [0.15, 0.2) is 54.2 Å². The van der Waals surface area contributed by atoms with Crippen LogP contribution >= 0.6 is 35.0 Å². The highest BCUT2D eigenvalue weighted by Crippen LogP contribution is 2.24. The molecule has 0 aliphatic heterocycles. The molecule has 0 unspecified atom stereocenters. The van der Waals surface area contributed by atoms with Crippen molar-refractivity contribution in [2.24, 2.45) is 0 Å². The lowest BCUT2D eigenvalue weighted by atomic mass is 10.1. The first-order valence-corrected chi connectivity index (χ1v) is 12.2. The number of carbonyl (C=O) groups is 2. The van der Waals surface area contributed by atoms with E-state index in [1.807, 2.05) is 36.6 Å². The van der Waals surface area contributed by atoms with Gasteiger partial charge in [0.05, 0.1) is 22.4 Å². The molecule has 0 radical (unpaired) electrons. The number of benzene rings is 2. The van der Waals surface area contributed by atoms with Gasteiger partial charge in [-0.05, 0) is 56.2 Å². The zero-order valence-corrected chi connectivity index (χ0v) is 21.4. The summed E-state index contributed by atoms with van der Waals surface area (Å²) in [5.41, 5.74) is 3.16. The molecule has 0 bridgehead atoms. The van der Waals surface area contributed by atoms with Crippen LogP contribution in [0.2, 0.25) is 10.0 Å². The highest BCUT2D eigenvalue weighted by Gasteiger charge is 2.21. The highest BCUT2D eigenvalue weighted by atomic mass is 35.5. The van der Waals surface area contributed by atoms with Crippen molar-refractivity contribution >= 4 is 52.5 Å². The minimum absolute atomic E-state index is 0.146. The Balaban J connectivity index is 1.69. The fourth-order valence-electron chi connectivity index (χ4n) is 3.23. The first-order valence-electron chi connectivity index (χ1n) is 10.5. The number of anilines is 1. The van der Waals surface area contributed by atoms with Gasteiger partial charge in [-0.25, -0.2) is 0 Å². The van der Waals surface area contributed by atoms with Crippen LogP contribution in [-0.4, -0.2) is 32.3 Å². The molecule has 0 fully saturated rings. The molecular formula is C24H25Cl2N5O2S. The SMILES string of the molecule is C=CCn1c(SCC(=O)Nc2cc(C)ccc2C)nnc1[C@H](C)NC(=O)c1ccc(Cl)cc1Cl. The first-order chi connectivity index (χ1) is 16.2. The zero-order valence-electron chi connectivity index (χ0n) is 19.1. The minimum Gasteiger partial charge on any atom is -0.342 e. The number of amides is 2. The Kier molecular flexibility index (Phi) is 8.77. The lowest BCUT2D eigenvalue weighted by molar-refractivity contribution is -0.113. The lowest BCUT2D eigenvalue weighted by Crippen LogP contribution is -2.29. The number of carbonyl (C=O) groups excluding carboxylic acids is 2. The summed E-state index contributed by atoms with van der Waals surface area (Å²) < 4.78 is 1.82. The standard InChI is InChI=1S/C24H25Cl2N5O2S/c1-5-10-31-22(16(4)27-23(33)18-9-8-17(25)12-19(18)26)29-30-24(31)34-13-21(32)28-20-11-14(2)6-7-15(20)3/h5-9,11-12,16H,1,10,13H2,2-4H3,(H,27,33)(H,28,32)/t16-/m0/s1. The summed E-state index contributed by atoms with van der Waals surface area (Å²) in [6.07, 6.45) is 1.71. The number of nitrogens with zero attached hydrogens (tertiary/aromatic N) is 3. The van der Waals surface area contributed by atoms with Crippen molar-refractivity contribution in [1.29, 1.82) is 0 Å². The molecule has 178 valence electrons. The number of thioether (sulfide) groups is 1. The van der Waals surface area contributed by atoms with Gasteiger partial charge < -0.3 is 15.2 Å². The fourth-order valence-corrected chi connectivity index (χ4v) is 4.48. The lowest BCUT2D eigenvalue weighted by Gasteiger charge is -2.16. The zero-order chi connectivity index (χ0) is 24.8. The van der Waals surface area contributed by atoms with Crippen LogP contribution in [0.5, 0.6) is 0 Å². The number of aryl methyl sites for hydroxylation is 2. The summed E-state index contributed by atoms with van der Waals surface area (Å²) in [5.74, 6) is 0.191. The summed E-state index contributed by atoms with van der Waals surface area (Å²) >= 11 is 13.3. The maximum Gasteiger partial charge on any atom is 0.253 e. The van der Waals surface area contributed by atoms with Crippen LogP contribution in [-0.2, 0) is 11.3 Å². The van der Waals surface area contributed by atoms with Crippen LogP contribution in [0.1, 0.15) is 40.3 Å². The van der Waals surface area contributed by atoms with E-state index in [0.29, 0.717) is 28.1 Å². The van der Waals surface area contributed by atoms with Gasteiger partial charge in [0.2, 0.25) is 5.91 Å². The molecule has 1 atom stereocenters. The Morgan fingerprint density at radius 1 is 1.18 bits per heavy atom. The number of hydrogen-bond acceptors (Lipinski definition) is 5. The molecule has 7 nitrogen and oxygen atoms in total. The number of halogens is 2. The van der Waals surface area contributed by atoms with E-state index in [2.05, 4.69) is 27.4 Å². The van der Waals surface area contributed by atoms with Gasteiger partial charge in [0.25, 0.3) is 5.91 Å². The van der Waals surface area contributed by atoms with Gasteiger partial charge in [-0.2, -0.15) is 0 Å². The minimum atomic E-state index is -0.468. The summed E-state index contributed by atoms with van der Waals surface area (Å²) in [7, 11) is 0. The molecule has 2 N–H and O–H groups in total. The quantitative estimate of drug-likeness (QED) is 0.284. The average Bonchev–Trinajstić information content (AvgIpc) is 3.17. The second-order valence-electron chi connectivity index (χ2n) is 7.71. The normalized spacial score (nSPS) is 11.7. The third-order valence-corrected chi connectivity index (χ3v) is 6.48. The molecule has 34 heavy (non-hydrogen) atoms. The molecule has 3 rings (SSSR count). The van der Waals surface area contributed by atoms with Gasteiger partial charge in [-0.3, -0.25) is 9.59 Å². The van der Waals surface area contributed by atoms with Crippen LogP contribution in [0.25, 0.3) is 0 Å². The van der Waals surface area contributed by atoms with E-state index >= 15 is 0 Å². The van der Waals surface area contributed by atoms with Crippen LogP contribution in [0, 0.1) is 13.8 Å². The molecule has 2 amide bonds. The van der Waals surface area contributed by atoms with Crippen molar-refractivity contribution < 1.29 is 9.59 Å². The fraction of sp³-hybridized carbons (Fsp3) is 0.250. The molecule has 0 aliphatic rings. The molecule has 0 aliphatic carbocycles. The molecule has 0 saturated heterocycles. The molecule has 1 aromatic heterocycles. The van der Waals surface area contributed by atoms with Gasteiger partial charge in [0, 0.05) is 17.3 Å². The van der Waals surface area contributed by atoms with E-state index in [-0.39, 0.29) is 22.6 Å². The summed E-state index contributed by atoms with van der Waals surface area (Å²) in [6, 6.07) is 10.1. The molecule has 0 spiro atoms. The molecule has 10 heteroatoms. The Bertz CT molecular complexity index is 1230. The Morgan fingerprint density at radius 3 is 2.65 bits per heavy atom. The molecule has 1 heterocycles. The van der Waals surface area contributed by atoms with Crippen LogP contribution in [0.4, 0.5) is 5.69 Å². The van der Waals surface area contributed by atoms with E-state index in [4.69, 9.17) is 23.2 Å². The predicted molar refractivity (Wildman–Crippen MR) is 138 cm³/mol. The number of allylic oxidation sites excluding steroid dienone is 1. The van der Waals surface area contributed by atoms with Gasteiger partial charge in [0.15, 0.2) is 11.0 Å². The van der Waals surface area contributed by atoms with Crippen molar-refractivity contribution in [1.82, 2.24) is 20.1 Å². The summed E-state index contributed by atoms with van der Waals surface area (Å²) in [4.78, 5) is 25.2. The van der Waals surface area contributed by atoms with E-state index in [0.717, 1.165) is 16.8 Å². The van der Waals surface area contributed by atoms with Crippen molar-refractivity contribution in [3.63, 3.8) is 0 Å². The van der Waals surface area contributed by atoms with Crippen LogP contribution < -0.4 is 10.6 Å². The number of aromatic nitrogens is 3. The highest BCUT2D eigenvalue weighted by molar-refractivity contribution is 7.99. The maximum absolute atomic E-state index is 12.7. The maximum atomic E-state index is 12.7. The molecule has 2 aromatic carbocycles. The van der Waals surface area contributed by atoms with E-state index < -0.39 is 6.04 Å². The van der Waals surface area contributed by atoms with Crippen molar-refractivity contribution in [3.8, 4) is 0 Å². The Morgan fingerprint density at radius 2 is 1.94 bits per heavy atom.